The van der Waals surface area contributed by atoms with E-state index >= 15 is 0 Å². The number of rotatable bonds is 1. The highest BCUT2D eigenvalue weighted by molar-refractivity contribution is 5.28. The molecule has 0 aromatic heterocycles. The predicted molar refractivity (Wildman–Crippen MR) is 45.8 cm³/mol. The Morgan fingerprint density at radius 1 is 1.60 bits per heavy atom. The molecule has 0 radical (unpaired) electrons. The molecule has 0 aromatic rings. The highest BCUT2D eigenvalue weighted by Crippen LogP contribution is 2.24. The van der Waals surface area contributed by atoms with Crippen LogP contribution in [0.5, 0.6) is 0 Å². The Kier molecular flexibility index (Phi) is 2.10. The van der Waals surface area contributed by atoms with E-state index in [0.717, 1.165) is 6.42 Å². The lowest BCUT2D eigenvalue weighted by Gasteiger charge is -2.16. The quantitative estimate of drug-likeness (QED) is 0.483. The van der Waals surface area contributed by atoms with Crippen molar-refractivity contribution < 1.29 is 0 Å². The molecular weight excluding hydrogens is 120 g/mol. The summed E-state index contributed by atoms with van der Waals surface area (Å²) in [5, 5.41) is 0. The van der Waals surface area contributed by atoms with Gasteiger partial charge >= 0.3 is 0 Å². The summed E-state index contributed by atoms with van der Waals surface area (Å²) in [5.74, 6) is 0.494. The van der Waals surface area contributed by atoms with Crippen LogP contribution in [0.4, 0.5) is 0 Å². The van der Waals surface area contributed by atoms with E-state index < -0.39 is 0 Å². The van der Waals surface area contributed by atoms with Gasteiger partial charge in [-0.2, -0.15) is 0 Å². The summed E-state index contributed by atoms with van der Waals surface area (Å²) < 4.78 is 0. The summed E-state index contributed by atoms with van der Waals surface area (Å²) in [6.07, 6.45) is 7.55. The van der Waals surface area contributed by atoms with Gasteiger partial charge in [-0.05, 0) is 20.3 Å². The summed E-state index contributed by atoms with van der Waals surface area (Å²) in [6, 6.07) is 0. The van der Waals surface area contributed by atoms with E-state index in [1.807, 2.05) is 6.08 Å². The van der Waals surface area contributed by atoms with Crippen LogP contribution in [-0.2, 0) is 0 Å². The van der Waals surface area contributed by atoms with Crippen LogP contribution < -0.4 is 0 Å². The van der Waals surface area contributed by atoms with Crippen LogP contribution in [0.2, 0.25) is 0 Å². The first kappa shape index (κ1) is 7.33. The molecule has 0 bridgehead atoms. The molecule has 0 aromatic carbocycles. The van der Waals surface area contributed by atoms with Crippen LogP contribution >= 0.6 is 0 Å². The molecule has 0 spiro atoms. The van der Waals surface area contributed by atoms with Gasteiger partial charge in [0.15, 0.2) is 0 Å². The first-order valence-corrected chi connectivity index (χ1v) is 3.71. The van der Waals surface area contributed by atoms with Gasteiger partial charge in [-0.15, -0.1) is 6.58 Å². The lowest BCUT2D eigenvalue weighted by Crippen LogP contribution is -2.00. The number of hydrogen-bond donors (Lipinski definition) is 0. The normalized spacial score (nSPS) is 25.2. The number of hydrogen-bond acceptors (Lipinski definition) is 0. The van der Waals surface area contributed by atoms with E-state index in [-0.39, 0.29) is 0 Å². The first-order chi connectivity index (χ1) is 4.75. The molecular formula is C10H14. The molecule has 0 fully saturated rings. The maximum absolute atomic E-state index is 3.78. The Morgan fingerprint density at radius 2 is 2.30 bits per heavy atom. The molecule has 0 aliphatic heterocycles. The third-order valence-corrected chi connectivity index (χ3v) is 2.19. The zero-order valence-corrected chi connectivity index (χ0v) is 6.72. The fourth-order valence-electron chi connectivity index (χ4n) is 1.24. The maximum atomic E-state index is 3.78. The van der Waals surface area contributed by atoms with Crippen molar-refractivity contribution in [1.29, 1.82) is 0 Å². The summed E-state index contributed by atoms with van der Waals surface area (Å²) in [4.78, 5) is 0. The van der Waals surface area contributed by atoms with Gasteiger partial charge in [-0.25, -0.2) is 0 Å². The predicted octanol–water partition coefficient (Wildman–Crippen LogP) is 3.08. The van der Waals surface area contributed by atoms with Crippen molar-refractivity contribution in [2.75, 3.05) is 0 Å². The molecule has 1 rings (SSSR count). The van der Waals surface area contributed by atoms with Gasteiger partial charge < -0.3 is 0 Å². The second-order valence-electron chi connectivity index (χ2n) is 2.86. The molecule has 0 N–H and O–H groups in total. The fourth-order valence-corrected chi connectivity index (χ4v) is 1.24. The third kappa shape index (κ3) is 1.21. The van der Waals surface area contributed by atoms with E-state index in [2.05, 4.69) is 32.6 Å². The average molecular weight is 134 g/mol. The van der Waals surface area contributed by atoms with Gasteiger partial charge in [0.2, 0.25) is 0 Å². The van der Waals surface area contributed by atoms with Crippen molar-refractivity contribution in [1.82, 2.24) is 0 Å². The summed E-state index contributed by atoms with van der Waals surface area (Å²) in [5.41, 5.74) is 2.96. The molecule has 0 heteroatoms. The lowest BCUT2D eigenvalue weighted by molar-refractivity contribution is 0.890. The molecule has 1 aliphatic rings. The molecule has 10 heavy (non-hydrogen) atoms. The largest absolute Gasteiger partial charge is 0.102 e. The number of allylic oxidation sites excluding steroid dienone is 5. The highest BCUT2D eigenvalue weighted by Gasteiger charge is 2.08. The monoisotopic (exact) mass is 134 g/mol. The minimum Gasteiger partial charge on any atom is -0.102 e. The third-order valence-electron chi connectivity index (χ3n) is 2.19. The molecule has 0 nitrogen and oxygen atoms in total. The van der Waals surface area contributed by atoms with E-state index in [4.69, 9.17) is 0 Å². The Balaban J connectivity index is 2.84. The molecule has 0 amide bonds. The standard InChI is InChI=1S/C10H14/c1-4-10-7-5-6-8(2)9(10)3/h4-5,7,10H,1,6H2,2-3H3. The second kappa shape index (κ2) is 2.87. The van der Waals surface area contributed by atoms with Crippen LogP contribution in [-0.4, -0.2) is 0 Å². The summed E-state index contributed by atoms with van der Waals surface area (Å²) >= 11 is 0. The van der Waals surface area contributed by atoms with Gasteiger partial charge in [0, 0.05) is 5.92 Å². The minimum absolute atomic E-state index is 0.494. The molecule has 0 heterocycles. The lowest BCUT2D eigenvalue weighted by atomic mass is 9.90. The SMILES string of the molecule is C=CC1C=CCC(C)=C1C. The van der Waals surface area contributed by atoms with Crippen molar-refractivity contribution in [2.24, 2.45) is 5.92 Å². The van der Waals surface area contributed by atoms with E-state index in [1.54, 1.807) is 0 Å². The van der Waals surface area contributed by atoms with Crippen molar-refractivity contribution in [3.8, 4) is 0 Å². The van der Waals surface area contributed by atoms with Gasteiger partial charge in [0.25, 0.3) is 0 Å². The van der Waals surface area contributed by atoms with Crippen LogP contribution in [0.1, 0.15) is 20.3 Å². The molecule has 0 saturated heterocycles. The first-order valence-electron chi connectivity index (χ1n) is 3.71. The van der Waals surface area contributed by atoms with Crippen LogP contribution in [0, 0.1) is 5.92 Å². The smallest absolute Gasteiger partial charge is 0.0154 e. The molecule has 1 atom stereocenters. The molecule has 0 saturated carbocycles. The van der Waals surface area contributed by atoms with Crippen molar-refractivity contribution >= 4 is 0 Å². The molecule has 1 aliphatic carbocycles. The molecule has 1 unspecified atom stereocenters. The van der Waals surface area contributed by atoms with Crippen LogP contribution in [0.15, 0.2) is 36.0 Å². The van der Waals surface area contributed by atoms with Gasteiger partial charge in [-0.3, -0.25) is 0 Å². The Morgan fingerprint density at radius 3 is 2.80 bits per heavy atom. The Hall–Kier alpha value is -0.780. The topological polar surface area (TPSA) is 0 Å². The molecule has 54 valence electrons. The van der Waals surface area contributed by atoms with Gasteiger partial charge in [-0.1, -0.05) is 29.4 Å². The maximum Gasteiger partial charge on any atom is 0.0154 e. The Labute approximate surface area is 62.9 Å². The Bertz CT molecular complexity index is 194. The average Bonchev–Trinajstić information content (AvgIpc) is 1.95. The van der Waals surface area contributed by atoms with Crippen molar-refractivity contribution in [2.45, 2.75) is 20.3 Å². The van der Waals surface area contributed by atoms with Crippen molar-refractivity contribution in [3.05, 3.63) is 36.0 Å². The highest BCUT2D eigenvalue weighted by atomic mass is 14.1. The van der Waals surface area contributed by atoms with Gasteiger partial charge in [0.05, 0.1) is 0 Å². The van der Waals surface area contributed by atoms with E-state index in [9.17, 15) is 0 Å². The van der Waals surface area contributed by atoms with Crippen LogP contribution in [0.25, 0.3) is 0 Å². The van der Waals surface area contributed by atoms with E-state index in [0.29, 0.717) is 5.92 Å². The van der Waals surface area contributed by atoms with Crippen molar-refractivity contribution in [3.63, 3.8) is 0 Å². The second-order valence-corrected chi connectivity index (χ2v) is 2.86. The minimum atomic E-state index is 0.494. The van der Waals surface area contributed by atoms with E-state index in [1.165, 1.54) is 11.1 Å². The van der Waals surface area contributed by atoms with Gasteiger partial charge in [0.1, 0.15) is 0 Å². The zero-order chi connectivity index (χ0) is 7.56. The zero-order valence-electron chi connectivity index (χ0n) is 6.72. The summed E-state index contributed by atoms with van der Waals surface area (Å²) in [7, 11) is 0. The van der Waals surface area contributed by atoms with Crippen LogP contribution in [0.3, 0.4) is 0 Å². The summed E-state index contributed by atoms with van der Waals surface area (Å²) in [6.45, 7) is 8.16. The fraction of sp³-hybridized carbons (Fsp3) is 0.400.